The molecule has 9 heteroatoms. The zero-order chi connectivity index (χ0) is 14.7. The van der Waals surface area contributed by atoms with E-state index in [0.29, 0.717) is 4.47 Å². The van der Waals surface area contributed by atoms with Crippen molar-refractivity contribution in [2.75, 3.05) is 5.32 Å². The molecule has 0 fully saturated rings. The highest BCUT2D eigenvalue weighted by molar-refractivity contribution is 9.10. The second kappa shape index (κ2) is 5.78. The summed E-state index contributed by atoms with van der Waals surface area (Å²) >= 11 is 3.10. The van der Waals surface area contributed by atoms with Crippen LogP contribution in [0.1, 0.15) is 0 Å². The van der Waals surface area contributed by atoms with Crippen LogP contribution in [-0.4, -0.2) is 20.6 Å². The van der Waals surface area contributed by atoms with Crippen molar-refractivity contribution >= 4 is 33.3 Å². The minimum Gasteiger partial charge on any atom is -0.358 e. The van der Waals surface area contributed by atoms with Gasteiger partial charge in [-0.05, 0) is 23.1 Å². The highest BCUT2D eigenvalue weighted by Crippen LogP contribution is 2.19. The Morgan fingerprint density at radius 2 is 2.25 bits per heavy atom. The van der Waals surface area contributed by atoms with Crippen LogP contribution in [0.4, 0.5) is 15.9 Å². The lowest BCUT2D eigenvalue weighted by Gasteiger charge is -2.05. The van der Waals surface area contributed by atoms with E-state index in [2.05, 4.69) is 26.3 Å². The van der Waals surface area contributed by atoms with Gasteiger partial charge in [0.05, 0.1) is 23.0 Å². The van der Waals surface area contributed by atoms with Gasteiger partial charge in [0.1, 0.15) is 12.4 Å². The second-order valence-electron chi connectivity index (χ2n) is 3.80. The largest absolute Gasteiger partial charge is 0.389 e. The molecule has 0 atom stereocenters. The van der Waals surface area contributed by atoms with Crippen LogP contribution in [0.15, 0.2) is 34.9 Å². The van der Waals surface area contributed by atoms with E-state index in [0.717, 1.165) is 4.68 Å². The minimum absolute atomic E-state index is 0.0276. The number of benzene rings is 1. The lowest BCUT2D eigenvalue weighted by molar-refractivity contribution is -0.389. The van der Waals surface area contributed by atoms with E-state index in [-0.39, 0.29) is 18.1 Å². The number of nitro groups is 1. The van der Waals surface area contributed by atoms with Crippen molar-refractivity contribution in [2.24, 2.45) is 0 Å². The Morgan fingerprint density at radius 1 is 1.50 bits per heavy atom. The van der Waals surface area contributed by atoms with Gasteiger partial charge in [-0.15, -0.1) is 0 Å². The molecule has 0 aliphatic rings. The fraction of sp³-hybridized carbons (Fsp3) is 0.0909. The molecule has 20 heavy (non-hydrogen) atoms. The molecule has 1 heterocycles. The third kappa shape index (κ3) is 3.38. The van der Waals surface area contributed by atoms with E-state index in [1.165, 1.54) is 24.4 Å². The number of anilines is 1. The van der Waals surface area contributed by atoms with Crippen LogP contribution < -0.4 is 5.32 Å². The van der Waals surface area contributed by atoms with E-state index in [1.54, 1.807) is 6.07 Å². The van der Waals surface area contributed by atoms with Gasteiger partial charge in [-0.2, -0.15) is 4.68 Å². The summed E-state index contributed by atoms with van der Waals surface area (Å²) in [6.07, 6.45) is 1.30. The number of aromatic nitrogens is 2. The van der Waals surface area contributed by atoms with E-state index >= 15 is 0 Å². The fourth-order valence-electron chi connectivity index (χ4n) is 1.46. The Balaban J connectivity index is 2.03. The lowest BCUT2D eigenvalue weighted by Crippen LogP contribution is -2.19. The summed E-state index contributed by atoms with van der Waals surface area (Å²) in [5.74, 6) is -1.48. The molecule has 0 bridgehead atoms. The number of rotatable bonds is 4. The second-order valence-corrected chi connectivity index (χ2v) is 4.72. The van der Waals surface area contributed by atoms with Crippen molar-refractivity contribution in [1.82, 2.24) is 9.78 Å². The number of halogens is 2. The highest BCUT2D eigenvalue weighted by atomic mass is 79.9. The van der Waals surface area contributed by atoms with Gasteiger partial charge >= 0.3 is 5.82 Å². The number of nitrogens with zero attached hydrogens (tertiary/aromatic N) is 3. The zero-order valence-electron chi connectivity index (χ0n) is 9.92. The van der Waals surface area contributed by atoms with E-state index in [9.17, 15) is 19.3 Å². The first-order valence-electron chi connectivity index (χ1n) is 5.38. The average molecular weight is 343 g/mol. The number of carbonyl (C=O) groups excluding carboxylic acids is 1. The molecule has 0 unspecified atom stereocenters. The minimum atomic E-state index is -0.664. The molecule has 0 aliphatic carbocycles. The van der Waals surface area contributed by atoms with Crippen LogP contribution >= 0.6 is 15.9 Å². The highest BCUT2D eigenvalue weighted by Gasteiger charge is 2.14. The predicted molar refractivity (Wildman–Crippen MR) is 71.6 cm³/mol. The summed E-state index contributed by atoms with van der Waals surface area (Å²) in [6, 6.07) is 5.38. The number of carbonyl (C=O) groups is 1. The first-order valence-corrected chi connectivity index (χ1v) is 6.18. The molecule has 1 amide bonds. The average Bonchev–Trinajstić information content (AvgIpc) is 2.81. The topological polar surface area (TPSA) is 90.1 Å². The maximum absolute atomic E-state index is 13.5. The van der Waals surface area contributed by atoms with E-state index < -0.39 is 16.6 Å². The Labute approximate surface area is 120 Å². The molecule has 1 aromatic heterocycles. The van der Waals surface area contributed by atoms with Crippen molar-refractivity contribution in [3.8, 4) is 0 Å². The summed E-state index contributed by atoms with van der Waals surface area (Å²) in [5.41, 5.74) is 0.0276. The Kier molecular flexibility index (Phi) is 4.08. The Bertz CT molecular complexity index is 673. The summed E-state index contributed by atoms with van der Waals surface area (Å²) in [6.45, 7) is -0.247. The maximum atomic E-state index is 13.5. The van der Waals surface area contributed by atoms with Crippen LogP contribution in [0.3, 0.4) is 0 Å². The summed E-state index contributed by atoms with van der Waals surface area (Å²) in [7, 11) is 0. The van der Waals surface area contributed by atoms with Crippen molar-refractivity contribution in [1.29, 1.82) is 0 Å². The quantitative estimate of drug-likeness (QED) is 0.681. The molecule has 1 aromatic carbocycles. The number of nitrogens with one attached hydrogen (secondary N) is 1. The smallest absolute Gasteiger partial charge is 0.358 e. The van der Waals surface area contributed by atoms with Crippen LogP contribution in [0.5, 0.6) is 0 Å². The molecule has 2 aromatic rings. The molecular weight excluding hydrogens is 335 g/mol. The Morgan fingerprint density at radius 3 is 2.85 bits per heavy atom. The number of amides is 1. The van der Waals surface area contributed by atoms with Crippen LogP contribution in [-0.2, 0) is 11.3 Å². The SMILES string of the molecule is O=C(Cn1ccc([N+](=O)[O-])n1)Nc1ccc(Br)cc1F. The van der Waals surface area contributed by atoms with E-state index in [1.807, 2.05) is 0 Å². The summed E-state index contributed by atoms with van der Waals surface area (Å²) < 4.78 is 15.2. The third-order valence-electron chi connectivity index (χ3n) is 2.32. The van der Waals surface area contributed by atoms with Gasteiger partial charge in [-0.3, -0.25) is 4.79 Å². The number of hydrogen-bond acceptors (Lipinski definition) is 4. The molecule has 0 aliphatic heterocycles. The molecular formula is C11H8BrFN4O3. The molecule has 0 radical (unpaired) electrons. The molecule has 0 saturated heterocycles. The molecule has 2 rings (SSSR count). The van der Waals surface area contributed by atoms with Crippen LogP contribution in [0.2, 0.25) is 0 Å². The van der Waals surface area contributed by atoms with Gasteiger partial charge < -0.3 is 15.4 Å². The van der Waals surface area contributed by atoms with Gasteiger partial charge in [0, 0.05) is 4.47 Å². The van der Waals surface area contributed by atoms with Gasteiger partial charge in [0.2, 0.25) is 5.91 Å². The molecule has 1 N–H and O–H groups in total. The molecule has 0 spiro atoms. The van der Waals surface area contributed by atoms with Gasteiger partial charge in [0.25, 0.3) is 0 Å². The van der Waals surface area contributed by atoms with Gasteiger partial charge in [-0.25, -0.2) is 4.39 Å². The molecule has 0 saturated carbocycles. The first-order chi connectivity index (χ1) is 9.45. The fourth-order valence-corrected chi connectivity index (χ4v) is 1.80. The maximum Gasteiger partial charge on any atom is 0.389 e. The normalized spacial score (nSPS) is 10.3. The summed E-state index contributed by atoms with van der Waals surface area (Å²) in [5, 5.41) is 16.4. The van der Waals surface area contributed by atoms with Crippen LogP contribution in [0.25, 0.3) is 0 Å². The van der Waals surface area contributed by atoms with Crippen molar-refractivity contribution in [3.05, 3.63) is 50.9 Å². The molecule has 104 valence electrons. The zero-order valence-corrected chi connectivity index (χ0v) is 11.5. The molecule has 7 nitrogen and oxygen atoms in total. The predicted octanol–water partition coefficient (Wildman–Crippen LogP) is 2.33. The third-order valence-corrected chi connectivity index (χ3v) is 2.82. The first kappa shape index (κ1) is 14.1. The van der Waals surface area contributed by atoms with Crippen LogP contribution in [0, 0.1) is 15.9 Å². The van der Waals surface area contributed by atoms with Gasteiger partial charge in [0.15, 0.2) is 0 Å². The monoisotopic (exact) mass is 342 g/mol. The van der Waals surface area contributed by atoms with Gasteiger partial charge in [-0.1, -0.05) is 15.9 Å². The Hall–Kier alpha value is -2.29. The summed E-state index contributed by atoms with van der Waals surface area (Å²) in [4.78, 5) is 21.5. The standard InChI is InChI=1S/C11H8BrFN4O3/c12-7-1-2-9(8(13)5-7)14-11(18)6-16-4-3-10(15-16)17(19)20/h1-5H,6H2,(H,14,18). The number of hydrogen-bond donors (Lipinski definition) is 1. The van der Waals surface area contributed by atoms with Crippen molar-refractivity contribution < 1.29 is 14.1 Å². The van der Waals surface area contributed by atoms with Crippen molar-refractivity contribution in [2.45, 2.75) is 6.54 Å². The van der Waals surface area contributed by atoms with E-state index in [4.69, 9.17) is 0 Å². The lowest BCUT2D eigenvalue weighted by atomic mass is 10.3. The van der Waals surface area contributed by atoms with Crippen molar-refractivity contribution in [3.63, 3.8) is 0 Å².